The van der Waals surface area contributed by atoms with Crippen LogP contribution in [-0.4, -0.2) is 65.0 Å². The smallest absolute Gasteiger partial charge is 0.271 e. The standard InChI is InChI=1S/C24H24ClN5O4/c1-33-19-12-16(13-28-22(19)34-2)23(32)30-11-8-20(29-21(31)18-14-26-9-10-27-18)24(25,15-30)17-6-4-3-5-7-17/h3-7,9-10,12-14,20H,8,11,15H2,1-2H3,(H,29,31)/t20-,24-/m1/s1. The van der Waals surface area contributed by atoms with E-state index in [4.69, 9.17) is 21.1 Å². The molecule has 0 unspecified atom stereocenters. The van der Waals surface area contributed by atoms with Gasteiger partial charge in [-0.2, -0.15) is 0 Å². The number of nitrogens with zero attached hydrogens (tertiary/aromatic N) is 4. The number of hydrogen-bond acceptors (Lipinski definition) is 7. The Balaban J connectivity index is 1.61. The van der Waals surface area contributed by atoms with Gasteiger partial charge in [0.1, 0.15) is 10.6 Å². The number of likely N-dealkylation sites (tertiary alicyclic amines) is 1. The number of pyridine rings is 1. The Morgan fingerprint density at radius 3 is 2.59 bits per heavy atom. The molecule has 0 bridgehead atoms. The zero-order chi connectivity index (χ0) is 24.1. The van der Waals surface area contributed by atoms with E-state index in [1.165, 1.54) is 39.0 Å². The Labute approximate surface area is 202 Å². The zero-order valence-electron chi connectivity index (χ0n) is 18.8. The molecule has 34 heavy (non-hydrogen) atoms. The summed E-state index contributed by atoms with van der Waals surface area (Å²) in [5, 5.41) is 3.00. The van der Waals surface area contributed by atoms with Crippen molar-refractivity contribution in [1.82, 2.24) is 25.2 Å². The number of carbonyl (C=O) groups is 2. The van der Waals surface area contributed by atoms with Crippen molar-refractivity contribution < 1.29 is 19.1 Å². The molecule has 0 aliphatic carbocycles. The number of methoxy groups -OCH3 is 2. The Bertz CT molecular complexity index is 1160. The first kappa shape index (κ1) is 23.4. The van der Waals surface area contributed by atoms with Crippen LogP contribution >= 0.6 is 11.6 Å². The van der Waals surface area contributed by atoms with Crippen LogP contribution in [0.1, 0.15) is 32.8 Å². The van der Waals surface area contributed by atoms with Crippen molar-refractivity contribution in [2.24, 2.45) is 0 Å². The molecule has 1 aliphatic heterocycles. The molecule has 2 aromatic heterocycles. The number of carbonyl (C=O) groups excluding carboxylic acids is 2. The number of hydrogen-bond donors (Lipinski definition) is 1. The molecule has 1 aromatic carbocycles. The predicted octanol–water partition coefficient (Wildman–Crippen LogP) is 2.67. The number of nitrogens with one attached hydrogen (secondary N) is 1. The Morgan fingerprint density at radius 1 is 1.12 bits per heavy atom. The highest BCUT2D eigenvalue weighted by Gasteiger charge is 2.45. The molecule has 2 atom stereocenters. The Kier molecular flexibility index (Phi) is 6.93. The molecule has 3 aromatic rings. The van der Waals surface area contributed by atoms with Crippen LogP contribution in [0.5, 0.6) is 11.6 Å². The minimum Gasteiger partial charge on any atom is -0.491 e. The van der Waals surface area contributed by atoms with Crippen LogP contribution in [0.15, 0.2) is 61.2 Å². The monoisotopic (exact) mass is 481 g/mol. The summed E-state index contributed by atoms with van der Waals surface area (Å²) in [6, 6.07) is 10.6. The van der Waals surface area contributed by atoms with Gasteiger partial charge in [-0.3, -0.25) is 14.6 Å². The van der Waals surface area contributed by atoms with Crippen LogP contribution in [0.2, 0.25) is 0 Å². The second kappa shape index (κ2) is 10.0. The molecule has 2 amide bonds. The van der Waals surface area contributed by atoms with E-state index >= 15 is 0 Å². The summed E-state index contributed by atoms with van der Waals surface area (Å²) in [5.74, 6) is 0.0381. The fourth-order valence-corrected chi connectivity index (χ4v) is 4.46. The number of halogens is 1. The van der Waals surface area contributed by atoms with Gasteiger partial charge >= 0.3 is 0 Å². The van der Waals surface area contributed by atoms with E-state index in [1.54, 1.807) is 11.0 Å². The van der Waals surface area contributed by atoms with Gasteiger partial charge in [-0.05, 0) is 12.0 Å². The average molecular weight is 482 g/mol. The molecule has 10 heteroatoms. The van der Waals surface area contributed by atoms with Crippen molar-refractivity contribution in [3.05, 3.63) is 78.0 Å². The molecule has 1 aliphatic rings. The zero-order valence-corrected chi connectivity index (χ0v) is 19.5. The minimum absolute atomic E-state index is 0.178. The molecule has 1 N–H and O–H groups in total. The molecule has 1 fully saturated rings. The number of rotatable bonds is 6. The number of aromatic nitrogens is 3. The van der Waals surface area contributed by atoms with Gasteiger partial charge in [0.05, 0.1) is 32.0 Å². The van der Waals surface area contributed by atoms with Crippen LogP contribution in [0.25, 0.3) is 0 Å². The maximum Gasteiger partial charge on any atom is 0.271 e. The van der Waals surface area contributed by atoms with E-state index in [0.29, 0.717) is 30.2 Å². The summed E-state index contributed by atoms with van der Waals surface area (Å²) in [6.07, 6.45) is 6.25. The van der Waals surface area contributed by atoms with E-state index in [0.717, 1.165) is 5.56 Å². The lowest BCUT2D eigenvalue weighted by molar-refractivity contribution is 0.0641. The van der Waals surface area contributed by atoms with Gasteiger partial charge in [0.25, 0.3) is 17.7 Å². The van der Waals surface area contributed by atoms with Crippen LogP contribution in [0.3, 0.4) is 0 Å². The minimum atomic E-state index is -1.06. The summed E-state index contributed by atoms with van der Waals surface area (Å²) >= 11 is 7.23. The van der Waals surface area contributed by atoms with E-state index in [9.17, 15) is 9.59 Å². The van der Waals surface area contributed by atoms with Crippen LogP contribution in [-0.2, 0) is 4.87 Å². The van der Waals surface area contributed by atoms with Gasteiger partial charge in [0.2, 0.25) is 0 Å². The molecule has 0 radical (unpaired) electrons. The normalized spacial score (nSPS) is 19.9. The van der Waals surface area contributed by atoms with E-state index in [-0.39, 0.29) is 24.1 Å². The van der Waals surface area contributed by atoms with Crippen LogP contribution < -0.4 is 14.8 Å². The fraction of sp³-hybridized carbons (Fsp3) is 0.292. The molecule has 176 valence electrons. The predicted molar refractivity (Wildman–Crippen MR) is 125 cm³/mol. The largest absolute Gasteiger partial charge is 0.491 e. The molecular formula is C24H24ClN5O4. The third kappa shape index (κ3) is 4.65. The molecule has 0 spiro atoms. The Morgan fingerprint density at radius 2 is 1.91 bits per heavy atom. The van der Waals surface area contributed by atoms with Crippen molar-refractivity contribution in [3.8, 4) is 11.6 Å². The summed E-state index contributed by atoms with van der Waals surface area (Å²) in [6.45, 7) is 0.567. The number of benzene rings is 1. The van der Waals surface area contributed by atoms with Crippen molar-refractivity contribution in [2.45, 2.75) is 17.3 Å². The third-order valence-electron chi connectivity index (χ3n) is 5.78. The van der Waals surface area contributed by atoms with Gasteiger partial charge in [-0.1, -0.05) is 30.3 Å². The molecule has 0 saturated carbocycles. The summed E-state index contributed by atoms with van der Waals surface area (Å²) in [5.41, 5.74) is 1.35. The van der Waals surface area contributed by atoms with Crippen LogP contribution in [0, 0.1) is 0 Å². The second-order valence-electron chi connectivity index (χ2n) is 7.80. The molecule has 1 saturated heterocycles. The van der Waals surface area contributed by atoms with Crippen molar-refractivity contribution in [2.75, 3.05) is 27.3 Å². The summed E-state index contributed by atoms with van der Waals surface area (Å²) in [7, 11) is 2.96. The third-order valence-corrected chi connectivity index (χ3v) is 6.38. The number of alkyl halides is 1. The average Bonchev–Trinajstić information content (AvgIpc) is 2.90. The quantitative estimate of drug-likeness (QED) is 0.539. The van der Waals surface area contributed by atoms with Crippen LogP contribution in [0.4, 0.5) is 0 Å². The van der Waals surface area contributed by atoms with Crippen molar-refractivity contribution in [1.29, 1.82) is 0 Å². The van der Waals surface area contributed by atoms with E-state index in [2.05, 4.69) is 20.3 Å². The number of piperidine rings is 1. The maximum absolute atomic E-state index is 13.4. The van der Waals surface area contributed by atoms with Gasteiger partial charge in [-0.25, -0.2) is 9.97 Å². The molecule has 4 rings (SSSR count). The lowest BCUT2D eigenvalue weighted by atomic mass is 9.84. The first-order valence-electron chi connectivity index (χ1n) is 10.6. The van der Waals surface area contributed by atoms with Gasteiger partial charge in [0.15, 0.2) is 5.75 Å². The summed E-state index contributed by atoms with van der Waals surface area (Å²) in [4.78, 5) is 39.0. The van der Waals surface area contributed by atoms with E-state index < -0.39 is 10.9 Å². The summed E-state index contributed by atoms with van der Waals surface area (Å²) < 4.78 is 10.4. The number of amides is 2. The van der Waals surface area contributed by atoms with E-state index in [1.807, 2.05) is 30.3 Å². The first-order chi connectivity index (χ1) is 16.5. The SMILES string of the molecule is COc1cc(C(=O)N2CC[C@@H](NC(=O)c3cnccn3)[C@](Cl)(c3ccccc3)C2)cnc1OC. The van der Waals surface area contributed by atoms with Gasteiger partial charge in [0, 0.05) is 37.7 Å². The van der Waals surface area contributed by atoms with Crippen molar-refractivity contribution in [3.63, 3.8) is 0 Å². The highest BCUT2D eigenvalue weighted by atomic mass is 35.5. The molecule has 3 heterocycles. The van der Waals surface area contributed by atoms with Crippen molar-refractivity contribution >= 4 is 23.4 Å². The first-order valence-corrected chi connectivity index (χ1v) is 11.0. The van der Waals surface area contributed by atoms with Gasteiger partial charge in [-0.15, -0.1) is 11.6 Å². The molecule has 9 nitrogen and oxygen atoms in total. The topological polar surface area (TPSA) is 107 Å². The lowest BCUT2D eigenvalue weighted by Gasteiger charge is -2.45. The van der Waals surface area contributed by atoms with Gasteiger partial charge < -0.3 is 19.7 Å². The highest BCUT2D eigenvalue weighted by Crippen LogP contribution is 2.39. The maximum atomic E-state index is 13.4. The molecular weight excluding hydrogens is 458 g/mol. The second-order valence-corrected chi connectivity index (χ2v) is 8.47. The number of ether oxygens (including phenoxy) is 2. The Hall–Kier alpha value is -3.72. The highest BCUT2D eigenvalue weighted by molar-refractivity contribution is 6.25. The lowest BCUT2D eigenvalue weighted by Crippen LogP contribution is -2.59. The fourth-order valence-electron chi connectivity index (χ4n) is 4.03.